The lowest BCUT2D eigenvalue weighted by molar-refractivity contribution is -0.121. The number of pyridine rings is 1. The fraction of sp³-hybridized carbons (Fsp3) is 0.125. The molecule has 116 valence electrons. The molecule has 0 atom stereocenters. The number of hydrogen-bond donors (Lipinski definition) is 1. The Kier molecular flexibility index (Phi) is 3.84. The number of imide groups is 1. The monoisotopic (exact) mass is 313 g/mol. The van der Waals surface area contributed by atoms with E-state index < -0.39 is 30.1 Å². The van der Waals surface area contributed by atoms with Crippen molar-refractivity contribution in [2.75, 3.05) is 6.54 Å². The van der Waals surface area contributed by atoms with Crippen molar-refractivity contribution in [3.05, 3.63) is 65.2 Å². The van der Waals surface area contributed by atoms with Gasteiger partial charge in [0.15, 0.2) is 0 Å². The summed E-state index contributed by atoms with van der Waals surface area (Å²) in [6.45, 7) is -0.449. The van der Waals surface area contributed by atoms with Gasteiger partial charge in [0.25, 0.3) is 11.8 Å². The van der Waals surface area contributed by atoms with Crippen LogP contribution in [0.15, 0.2) is 42.6 Å². The van der Waals surface area contributed by atoms with E-state index in [-0.39, 0.29) is 17.8 Å². The fourth-order valence-electron chi connectivity index (χ4n) is 2.29. The highest BCUT2D eigenvalue weighted by atomic mass is 19.1. The molecule has 2 heterocycles. The molecule has 1 aliphatic rings. The van der Waals surface area contributed by atoms with Crippen LogP contribution in [0.2, 0.25) is 0 Å². The van der Waals surface area contributed by atoms with E-state index in [1.165, 1.54) is 18.3 Å². The van der Waals surface area contributed by atoms with Gasteiger partial charge in [0.05, 0.1) is 5.56 Å². The zero-order chi connectivity index (χ0) is 16.4. The average molecular weight is 313 g/mol. The topological polar surface area (TPSA) is 79.4 Å². The first-order valence-corrected chi connectivity index (χ1v) is 6.89. The number of amides is 3. The van der Waals surface area contributed by atoms with Crippen molar-refractivity contribution < 1.29 is 18.8 Å². The lowest BCUT2D eigenvalue weighted by Crippen LogP contribution is -2.40. The van der Waals surface area contributed by atoms with Gasteiger partial charge in [-0.2, -0.15) is 0 Å². The van der Waals surface area contributed by atoms with E-state index in [2.05, 4.69) is 10.3 Å². The van der Waals surface area contributed by atoms with Crippen molar-refractivity contribution in [2.24, 2.45) is 0 Å². The van der Waals surface area contributed by atoms with Crippen molar-refractivity contribution in [1.82, 2.24) is 15.2 Å². The molecule has 0 unspecified atom stereocenters. The molecule has 23 heavy (non-hydrogen) atoms. The molecule has 0 aliphatic carbocycles. The summed E-state index contributed by atoms with van der Waals surface area (Å²) in [4.78, 5) is 40.8. The molecule has 7 heteroatoms. The Morgan fingerprint density at radius 2 is 1.91 bits per heavy atom. The van der Waals surface area contributed by atoms with Crippen LogP contribution in [0, 0.1) is 5.82 Å². The minimum Gasteiger partial charge on any atom is -0.350 e. The zero-order valence-electron chi connectivity index (χ0n) is 12.0. The second kappa shape index (κ2) is 5.96. The van der Waals surface area contributed by atoms with E-state index in [9.17, 15) is 18.8 Å². The van der Waals surface area contributed by atoms with Crippen LogP contribution in [-0.2, 0) is 11.3 Å². The van der Waals surface area contributed by atoms with Crippen LogP contribution in [0.1, 0.15) is 26.4 Å². The zero-order valence-corrected chi connectivity index (χ0v) is 12.0. The van der Waals surface area contributed by atoms with E-state index >= 15 is 0 Å². The molecule has 2 aromatic rings. The lowest BCUT2D eigenvalue weighted by atomic mass is 10.2. The molecule has 0 saturated carbocycles. The molecule has 1 aromatic carbocycles. The number of fused-ring (bicyclic) bond motifs is 1. The highest BCUT2D eigenvalue weighted by molar-refractivity contribution is 6.21. The number of nitrogens with one attached hydrogen (secondary N) is 1. The van der Waals surface area contributed by atoms with E-state index in [1.807, 2.05) is 0 Å². The van der Waals surface area contributed by atoms with Crippen LogP contribution in [-0.4, -0.2) is 34.2 Å². The molecule has 0 fully saturated rings. The normalized spacial score (nSPS) is 13.2. The Morgan fingerprint density at radius 1 is 1.13 bits per heavy atom. The largest absolute Gasteiger partial charge is 0.350 e. The van der Waals surface area contributed by atoms with Gasteiger partial charge < -0.3 is 5.32 Å². The van der Waals surface area contributed by atoms with Crippen LogP contribution < -0.4 is 5.32 Å². The van der Waals surface area contributed by atoms with Crippen molar-refractivity contribution >= 4 is 17.7 Å². The molecule has 3 amide bonds. The highest BCUT2D eigenvalue weighted by Crippen LogP contribution is 2.19. The Bertz CT molecular complexity index is 772. The predicted molar refractivity (Wildman–Crippen MR) is 77.9 cm³/mol. The number of benzene rings is 1. The van der Waals surface area contributed by atoms with Gasteiger partial charge in [-0.25, -0.2) is 4.39 Å². The number of nitrogens with zero attached hydrogens (tertiary/aromatic N) is 2. The minimum absolute atomic E-state index is 0.0209. The van der Waals surface area contributed by atoms with Gasteiger partial charge in [0.2, 0.25) is 5.91 Å². The van der Waals surface area contributed by atoms with E-state index in [0.29, 0.717) is 5.56 Å². The molecule has 6 nitrogen and oxygen atoms in total. The smallest absolute Gasteiger partial charge is 0.280 e. The van der Waals surface area contributed by atoms with Gasteiger partial charge in [-0.3, -0.25) is 24.3 Å². The summed E-state index contributed by atoms with van der Waals surface area (Å²) < 4.78 is 13.5. The number of rotatable bonds is 4. The SMILES string of the molecule is O=C(CN1C(=O)c2cccnc2C1=O)NCc1ccccc1F. The second-order valence-corrected chi connectivity index (χ2v) is 4.96. The Labute approximate surface area is 130 Å². The third-order valence-corrected chi connectivity index (χ3v) is 3.47. The average Bonchev–Trinajstić information content (AvgIpc) is 2.80. The number of halogens is 1. The molecular weight excluding hydrogens is 301 g/mol. The third-order valence-electron chi connectivity index (χ3n) is 3.47. The number of hydrogen-bond acceptors (Lipinski definition) is 4. The van der Waals surface area contributed by atoms with Gasteiger partial charge in [-0.1, -0.05) is 18.2 Å². The molecular formula is C16H12FN3O3. The fourth-order valence-corrected chi connectivity index (χ4v) is 2.29. The molecule has 1 aromatic heterocycles. The summed E-state index contributed by atoms with van der Waals surface area (Å²) in [5.74, 6) is -2.15. The highest BCUT2D eigenvalue weighted by Gasteiger charge is 2.37. The molecule has 0 bridgehead atoms. The lowest BCUT2D eigenvalue weighted by Gasteiger charge is -2.13. The molecule has 1 N–H and O–H groups in total. The van der Waals surface area contributed by atoms with Crippen LogP contribution in [0.25, 0.3) is 0 Å². The molecule has 3 rings (SSSR count). The summed E-state index contributed by atoms with van der Waals surface area (Å²) in [6.07, 6.45) is 1.41. The summed E-state index contributed by atoms with van der Waals surface area (Å²) in [5.41, 5.74) is 0.545. The maximum atomic E-state index is 13.5. The van der Waals surface area contributed by atoms with E-state index in [1.54, 1.807) is 24.3 Å². The van der Waals surface area contributed by atoms with Gasteiger partial charge in [-0.05, 0) is 18.2 Å². The van der Waals surface area contributed by atoms with Crippen LogP contribution >= 0.6 is 0 Å². The summed E-state index contributed by atoms with van der Waals surface area (Å²) in [6, 6.07) is 9.07. The van der Waals surface area contributed by atoms with Gasteiger partial charge in [0, 0.05) is 18.3 Å². The van der Waals surface area contributed by atoms with Crippen molar-refractivity contribution in [1.29, 1.82) is 0 Å². The Morgan fingerprint density at radius 3 is 2.65 bits per heavy atom. The number of aromatic nitrogens is 1. The van der Waals surface area contributed by atoms with Gasteiger partial charge in [-0.15, -0.1) is 0 Å². The first-order valence-electron chi connectivity index (χ1n) is 6.89. The number of carbonyl (C=O) groups excluding carboxylic acids is 3. The van der Waals surface area contributed by atoms with Crippen molar-refractivity contribution in [2.45, 2.75) is 6.54 Å². The van der Waals surface area contributed by atoms with E-state index in [0.717, 1.165) is 4.90 Å². The predicted octanol–water partition coefficient (Wildman–Crippen LogP) is 1.13. The summed E-state index contributed by atoms with van der Waals surface area (Å²) in [7, 11) is 0. The first-order chi connectivity index (χ1) is 11.1. The van der Waals surface area contributed by atoms with E-state index in [4.69, 9.17) is 0 Å². The van der Waals surface area contributed by atoms with Crippen LogP contribution in [0.4, 0.5) is 4.39 Å². The maximum absolute atomic E-state index is 13.5. The standard InChI is InChI=1S/C16H12FN3O3/c17-12-6-2-1-4-10(12)8-19-13(21)9-20-15(22)11-5-3-7-18-14(11)16(20)23/h1-7H,8-9H2,(H,19,21). The van der Waals surface area contributed by atoms with Gasteiger partial charge >= 0.3 is 0 Å². The van der Waals surface area contributed by atoms with Crippen LogP contribution in [0.5, 0.6) is 0 Å². The quantitative estimate of drug-likeness (QED) is 0.858. The summed E-state index contributed by atoms with van der Waals surface area (Å²) in [5, 5.41) is 2.49. The summed E-state index contributed by atoms with van der Waals surface area (Å²) >= 11 is 0. The molecule has 0 spiro atoms. The molecule has 0 saturated heterocycles. The van der Waals surface area contributed by atoms with Crippen molar-refractivity contribution in [3.63, 3.8) is 0 Å². The Hall–Kier alpha value is -3.09. The second-order valence-electron chi connectivity index (χ2n) is 4.96. The van der Waals surface area contributed by atoms with Gasteiger partial charge in [0.1, 0.15) is 18.1 Å². The van der Waals surface area contributed by atoms with Crippen LogP contribution in [0.3, 0.4) is 0 Å². The molecule has 0 radical (unpaired) electrons. The first kappa shape index (κ1) is 14.8. The maximum Gasteiger partial charge on any atom is 0.280 e. The molecule has 1 aliphatic heterocycles. The Balaban J connectivity index is 1.64. The minimum atomic E-state index is -0.605. The van der Waals surface area contributed by atoms with Crippen molar-refractivity contribution in [3.8, 4) is 0 Å². The number of carbonyl (C=O) groups is 3. The third kappa shape index (κ3) is 2.80.